The second-order valence-corrected chi connectivity index (χ2v) is 8.09. The first-order valence-electron chi connectivity index (χ1n) is 9.75. The molecule has 3 aromatic rings. The lowest BCUT2D eigenvalue weighted by Gasteiger charge is -2.30. The lowest BCUT2D eigenvalue weighted by Crippen LogP contribution is -2.41. The number of amides is 2. The van der Waals surface area contributed by atoms with E-state index in [1.54, 1.807) is 15.8 Å². The third kappa shape index (κ3) is 4.54. The second kappa shape index (κ2) is 8.57. The minimum absolute atomic E-state index is 0.0223. The maximum atomic E-state index is 12.6. The standard InChI is InChI=1S/C23H23N3O2S/c1-16-3-2-4-19(13-16)17-5-7-20(8-6-17)25-22(27)18-9-11-26(12-10-18)23(28)21-14-29-15-24-21/h2-8,13-15,18H,9-12H2,1H3,(H,25,27). The molecule has 29 heavy (non-hydrogen) atoms. The number of aryl methyl sites for hydroxylation is 1. The Kier molecular flexibility index (Phi) is 5.71. The molecule has 2 heterocycles. The molecule has 1 fully saturated rings. The predicted octanol–water partition coefficient (Wildman–Crippen LogP) is 4.61. The van der Waals surface area contributed by atoms with Gasteiger partial charge < -0.3 is 10.2 Å². The van der Waals surface area contributed by atoms with Crippen molar-refractivity contribution in [3.05, 3.63) is 70.7 Å². The molecule has 1 N–H and O–H groups in total. The quantitative estimate of drug-likeness (QED) is 0.689. The van der Waals surface area contributed by atoms with Gasteiger partial charge in [-0.15, -0.1) is 11.3 Å². The molecule has 2 aromatic carbocycles. The summed E-state index contributed by atoms with van der Waals surface area (Å²) < 4.78 is 0. The van der Waals surface area contributed by atoms with Crippen molar-refractivity contribution in [1.82, 2.24) is 9.88 Å². The zero-order chi connectivity index (χ0) is 20.2. The van der Waals surface area contributed by atoms with E-state index in [0.29, 0.717) is 31.6 Å². The average Bonchev–Trinajstić information content (AvgIpc) is 3.29. The number of benzene rings is 2. The van der Waals surface area contributed by atoms with E-state index in [1.807, 2.05) is 30.3 Å². The molecule has 0 saturated carbocycles. The molecule has 1 aliphatic heterocycles. The number of carbonyl (C=O) groups is 2. The maximum Gasteiger partial charge on any atom is 0.273 e. The number of piperidine rings is 1. The lowest BCUT2D eigenvalue weighted by molar-refractivity contribution is -0.121. The smallest absolute Gasteiger partial charge is 0.273 e. The summed E-state index contributed by atoms with van der Waals surface area (Å²) in [6, 6.07) is 16.3. The van der Waals surface area contributed by atoms with E-state index < -0.39 is 0 Å². The van der Waals surface area contributed by atoms with Crippen LogP contribution in [0.1, 0.15) is 28.9 Å². The van der Waals surface area contributed by atoms with Crippen LogP contribution in [0.4, 0.5) is 5.69 Å². The largest absolute Gasteiger partial charge is 0.337 e. The first-order valence-corrected chi connectivity index (χ1v) is 10.7. The fourth-order valence-electron chi connectivity index (χ4n) is 3.64. The second-order valence-electron chi connectivity index (χ2n) is 7.38. The minimum atomic E-state index is -0.0778. The number of thiazole rings is 1. The van der Waals surface area contributed by atoms with Crippen molar-refractivity contribution in [1.29, 1.82) is 0 Å². The molecule has 148 valence electrons. The molecular weight excluding hydrogens is 382 g/mol. The van der Waals surface area contributed by atoms with Gasteiger partial charge in [0.1, 0.15) is 5.69 Å². The molecule has 6 heteroatoms. The van der Waals surface area contributed by atoms with Gasteiger partial charge in [-0.25, -0.2) is 4.98 Å². The van der Waals surface area contributed by atoms with Crippen molar-refractivity contribution in [2.75, 3.05) is 18.4 Å². The van der Waals surface area contributed by atoms with Crippen LogP contribution >= 0.6 is 11.3 Å². The van der Waals surface area contributed by atoms with Crippen molar-refractivity contribution in [2.45, 2.75) is 19.8 Å². The molecule has 0 aliphatic carbocycles. The lowest BCUT2D eigenvalue weighted by atomic mass is 9.95. The van der Waals surface area contributed by atoms with Gasteiger partial charge in [0, 0.05) is 30.1 Å². The SMILES string of the molecule is Cc1cccc(-c2ccc(NC(=O)C3CCN(C(=O)c4cscn4)CC3)cc2)c1. The van der Waals surface area contributed by atoms with Gasteiger partial charge in [0.05, 0.1) is 5.51 Å². The van der Waals surface area contributed by atoms with Crippen LogP contribution < -0.4 is 5.32 Å². The van der Waals surface area contributed by atoms with Crippen molar-refractivity contribution in [3.63, 3.8) is 0 Å². The molecule has 0 radical (unpaired) electrons. The van der Waals surface area contributed by atoms with Crippen LogP contribution in [-0.4, -0.2) is 34.8 Å². The van der Waals surface area contributed by atoms with E-state index >= 15 is 0 Å². The summed E-state index contributed by atoms with van der Waals surface area (Å²) in [6.07, 6.45) is 1.34. The molecular formula is C23H23N3O2S. The topological polar surface area (TPSA) is 62.3 Å². The molecule has 1 aromatic heterocycles. The highest BCUT2D eigenvalue weighted by atomic mass is 32.1. The van der Waals surface area contributed by atoms with Crippen LogP contribution in [0.5, 0.6) is 0 Å². The van der Waals surface area contributed by atoms with Crippen LogP contribution in [0, 0.1) is 12.8 Å². The normalized spacial score (nSPS) is 14.6. The molecule has 5 nitrogen and oxygen atoms in total. The highest BCUT2D eigenvalue weighted by molar-refractivity contribution is 7.07. The van der Waals surface area contributed by atoms with Gasteiger partial charge in [0.15, 0.2) is 0 Å². The number of nitrogens with zero attached hydrogens (tertiary/aromatic N) is 2. The zero-order valence-electron chi connectivity index (χ0n) is 16.3. The van der Waals surface area contributed by atoms with E-state index in [9.17, 15) is 9.59 Å². The number of carbonyl (C=O) groups excluding carboxylic acids is 2. The first kappa shape index (κ1) is 19.3. The van der Waals surface area contributed by atoms with Crippen LogP contribution in [-0.2, 0) is 4.79 Å². The van der Waals surface area contributed by atoms with Crippen molar-refractivity contribution in [2.24, 2.45) is 5.92 Å². The first-order chi connectivity index (χ1) is 14.1. The summed E-state index contributed by atoms with van der Waals surface area (Å²) in [7, 11) is 0. The van der Waals surface area contributed by atoms with E-state index in [4.69, 9.17) is 0 Å². The van der Waals surface area contributed by atoms with Crippen molar-refractivity contribution >= 4 is 28.8 Å². The molecule has 1 saturated heterocycles. The number of hydrogen-bond acceptors (Lipinski definition) is 4. The zero-order valence-corrected chi connectivity index (χ0v) is 17.1. The van der Waals surface area contributed by atoms with Gasteiger partial charge >= 0.3 is 0 Å². The summed E-state index contributed by atoms with van der Waals surface area (Å²) in [5.74, 6) is -0.100. The molecule has 0 unspecified atom stereocenters. The third-order valence-corrected chi connectivity index (χ3v) is 5.89. The summed E-state index contributed by atoms with van der Waals surface area (Å²) in [4.78, 5) is 30.9. The Morgan fingerprint density at radius 2 is 1.83 bits per heavy atom. The van der Waals surface area contributed by atoms with Gasteiger partial charge in [-0.1, -0.05) is 42.0 Å². The average molecular weight is 406 g/mol. The van der Waals surface area contributed by atoms with Gasteiger partial charge in [-0.05, 0) is 43.0 Å². The monoisotopic (exact) mass is 405 g/mol. The van der Waals surface area contributed by atoms with E-state index in [1.165, 1.54) is 22.5 Å². The minimum Gasteiger partial charge on any atom is -0.337 e. The maximum absolute atomic E-state index is 12.6. The van der Waals surface area contributed by atoms with Gasteiger partial charge in [-0.2, -0.15) is 0 Å². The Morgan fingerprint density at radius 1 is 1.07 bits per heavy atom. The van der Waals surface area contributed by atoms with E-state index in [-0.39, 0.29) is 17.7 Å². The summed E-state index contributed by atoms with van der Waals surface area (Å²) in [5, 5.41) is 4.79. The number of rotatable bonds is 4. The molecule has 4 rings (SSSR count). The van der Waals surface area contributed by atoms with Crippen LogP contribution in [0.3, 0.4) is 0 Å². The van der Waals surface area contributed by atoms with Crippen LogP contribution in [0.25, 0.3) is 11.1 Å². The van der Waals surface area contributed by atoms with Crippen molar-refractivity contribution < 1.29 is 9.59 Å². The van der Waals surface area contributed by atoms with Gasteiger partial charge in [0.2, 0.25) is 5.91 Å². The number of hydrogen-bond donors (Lipinski definition) is 1. The number of nitrogens with one attached hydrogen (secondary N) is 1. The predicted molar refractivity (Wildman–Crippen MR) is 116 cm³/mol. The highest BCUT2D eigenvalue weighted by Crippen LogP contribution is 2.24. The summed E-state index contributed by atoms with van der Waals surface area (Å²) in [5.41, 5.74) is 6.47. The van der Waals surface area contributed by atoms with Crippen molar-refractivity contribution in [3.8, 4) is 11.1 Å². The van der Waals surface area contributed by atoms with Gasteiger partial charge in [0.25, 0.3) is 5.91 Å². The molecule has 0 bridgehead atoms. The summed E-state index contributed by atoms with van der Waals surface area (Å²) >= 11 is 1.42. The Bertz CT molecular complexity index is 991. The van der Waals surface area contributed by atoms with Gasteiger partial charge in [-0.3, -0.25) is 9.59 Å². The Balaban J connectivity index is 1.32. The molecule has 1 aliphatic rings. The Hall–Kier alpha value is -2.99. The highest BCUT2D eigenvalue weighted by Gasteiger charge is 2.28. The Morgan fingerprint density at radius 3 is 2.48 bits per heavy atom. The van der Waals surface area contributed by atoms with E-state index in [2.05, 4.69) is 35.4 Å². The molecule has 2 amide bonds. The summed E-state index contributed by atoms with van der Waals surface area (Å²) in [6.45, 7) is 3.25. The van der Waals surface area contributed by atoms with E-state index in [0.717, 1.165) is 11.3 Å². The Labute approximate surface area is 174 Å². The molecule has 0 atom stereocenters. The fourth-order valence-corrected chi connectivity index (χ4v) is 4.17. The molecule has 0 spiro atoms. The number of likely N-dealkylation sites (tertiary alicyclic amines) is 1. The van der Waals surface area contributed by atoms with Crippen LogP contribution in [0.15, 0.2) is 59.4 Å². The number of aromatic nitrogens is 1. The number of anilines is 1. The fraction of sp³-hybridized carbons (Fsp3) is 0.261. The third-order valence-electron chi connectivity index (χ3n) is 5.31. The van der Waals surface area contributed by atoms with Crippen LogP contribution in [0.2, 0.25) is 0 Å².